The molecule has 1 fully saturated rings. The molecule has 0 aromatic rings. The third-order valence-corrected chi connectivity index (χ3v) is 2.98. The molecule has 9 heteroatoms. The monoisotopic (exact) mass is 320 g/mol. The first-order valence-corrected chi connectivity index (χ1v) is 6.61. The van der Waals surface area contributed by atoms with Crippen LogP contribution in [0.25, 0.3) is 0 Å². The molecular weight excluding hydrogens is 300 g/mol. The summed E-state index contributed by atoms with van der Waals surface area (Å²) in [5, 5.41) is 19.6. The van der Waals surface area contributed by atoms with E-state index in [4.69, 9.17) is 18.9 Å². The number of hydrogen-bond acceptors (Lipinski definition) is 9. The molecule has 0 aliphatic carbocycles. The predicted octanol–water partition coefficient (Wildman–Crippen LogP) is -1.12. The quantitative estimate of drug-likeness (QED) is 0.489. The molecule has 0 amide bonds. The largest absolute Gasteiger partial charge is 0.456 e. The SMILES string of the molecule is CC(=O)O[C@H]1[C@H](OC(C)=O)[C@@H](CO)O[C@](C)(O)[C@@H]1OC(C)=O. The Balaban J connectivity index is 3.21. The van der Waals surface area contributed by atoms with E-state index < -0.39 is 54.7 Å². The first-order chi connectivity index (χ1) is 10.1. The lowest BCUT2D eigenvalue weighted by molar-refractivity contribution is -0.344. The van der Waals surface area contributed by atoms with Gasteiger partial charge in [-0.2, -0.15) is 0 Å². The standard InChI is InChI=1S/C13H20O9/c1-6(15)19-10-9(5-14)22-13(4,18)12(21-8(3)17)11(10)20-7(2)16/h9-12,14,18H,5H2,1-4H3/t9-,10-,11+,12-,13+/m1/s1. The molecule has 0 saturated carbocycles. The van der Waals surface area contributed by atoms with Gasteiger partial charge in [0.2, 0.25) is 5.79 Å². The van der Waals surface area contributed by atoms with Crippen LogP contribution in [0.4, 0.5) is 0 Å². The van der Waals surface area contributed by atoms with E-state index in [0.717, 1.165) is 20.8 Å². The summed E-state index contributed by atoms with van der Waals surface area (Å²) in [7, 11) is 0. The van der Waals surface area contributed by atoms with Crippen molar-refractivity contribution >= 4 is 17.9 Å². The predicted molar refractivity (Wildman–Crippen MR) is 69.2 cm³/mol. The molecule has 0 unspecified atom stereocenters. The van der Waals surface area contributed by atoms with Crippen LogP contribution in [0.5, 0.6) is 0 Å². The first kappa shape index (κ1) is 18.3. The van der Waals surface area contributed by atoms with Gasteiger partial charge in [-0.3, -0.25) is 14.4 Å². The fourth-order valence-electron chi connectivity index (χ4n) is 2.28. The van der Waals surface area contributed by atoms with E-state index in [-0.39, 0.29) is 0 Å². The highest BCUT2D eigenvalue weighted by Gasteiger charge is 2.56. The molecule has 0 radical (unpaired) electrons. The Kier molecular flexibility index (Phi) is 5.86. The summed E-state index contributed by atoms with van der Waals surface area (Å²) in [6, 6.07) is 0. The summed E-state index contributed by atoms with van der Waals surface area (Å²) in [4.78, 5) is 33.7. The lowest BCUT2D eigenvalue weighted by Gasteiger charge is -2.47. The van der Waals surface area contributed by atoms with Gasteiger partial charge in [-0.05, 0) is 6.92 Å². The number of aliphatic hydroxyl groups excluding tert-OH is 1. The number of carbonyl (C=O) groups excluding carboxylic acids is 3. The van der Waals surface area contributed by atoms with E-state index in [0.29, 0.717) is 0 Å². The van der Waals surface area contributed by atoms with E-state index in [2.05, 4.69) is 0 Å². The summed E-state index contributed by atoms with van der Waals surface area (Å²) >= 11 is 0. The van der Waals surface area contributed by atoms with Gasteiger partial charge in [0.25, 0.3) is 0 Å². The molecule has 22 heavy (non-hydrogen) atoms. The highest BCUT2D eigenvalue weighted by molar-refractivity contribution is 5.68. The third-order valence-electron chi connectivity index (χ3n) is 2.98. The van der Waals surface area contributed by atoms with E-state index in [9.17, 15) is 24.6 Å². The lowest BCUT2D eigenvalue weighted by Crippen LogP contribution is -2.66. The van der Waals surface area contributed by atoms with Gasteiger partial charge in [-0.15, -0.1) is 0 Å². The molecule has 9 nitrogen and oxygen atoms in total. The Labute approximate surface area is 127 Å². The van der Waals surface area contributed by atoms with Crippen LogP contribution in [0.1, 0.15) is 27.7 Å². The average molecular weight is 320 g/mol. The zero-order valence-electron chi connectivity index (χ0n) is 12.8. The maximum Gasteiger partial charge on any atom is 0.303 e. The van der Waals surface area contributed by atoms with Crippen LogP contribution in [0.15, 0.2) is 0 Å². The van der Waals surface area contributed by atoms with E-state index in [1.54, 1.807) is 0 Å². The maximum atomic E-state index is 11.3. The molecule has 1 rings (SSSR count). The lowest BCUT2D eigenvalue weighted by atomic mass is 9.92. The van der Waals surface area contributed by atoms with Crippen molar-refractivity contribution in [1.82, 2.24) is 0 Å². The van der Waals surface area contributed by atoms with Crippen molar-refractivity contribution in [1.29, 1.82) is 0 Å². The molecule has 126 valence electrons. The summed E-state index contributed by atoms with van der Waals surface area (Å²) in [5.74, 6) is -4.26. The molecule has 1 aliphatic heterocycles. The van der Waals surface area contributed by atoms with Crippen LogP contribution in [0, 0.1) is 0 Å². The van der Waals surface area contributed by atoms with Gasteiger partial charge in [0.15, 0.2) is 18.3 Å². The Bertz CT molecular complexity index is 445. The molecule has 0 spiro atoms. The zero-order valence-corrected chi connectivity index (χ0v) is 12.8. The molecular formula is C13H20O9. The van der Waals surface area contributed by atoms with Crippen LogP contribution in [-0.4, -0.2) is 64.9 Å². The van der Waals surface area contributed by atoms with Crippen molar-refractivity contribution < 1.29 is 43.5 Å². The second-order valence-corrected chi connectivity index (χ2v) is 5.07. The number of rotatable bonds is 4. The minimum Gasteiger partial charge on any atom is -0.456 e. The van der Waals surface area contributed by atoms with Gasteiger partial charge in [0.1, 0.15) is 6.10 Å². The van der Waals surface area contributed by atoms with Crippen molar-refractivity contribution in [2.45, 2.75) is 57.9 Å². The molecule has 2 N–H and O–H groups in total. The van der Waals surface area contributed by atoms with Crippen LogP contribution >= 0.6 is 0 Å². The molecule has 1 saturated heterocycles. The Morgan fingerprint density at radius 2 is 1.45 bits per heavy atom. The Hall–Kier alpha value is -1.71. The molecule has 0 aromatic carbocycles. The fourth-order valence-corrected chi connectivity index (χ4v) is 2.28. The topological polar surface area (TPSA) is 129 Å². The summed E-state index contributed by atoms with van der Waals surface area (Å²) in [6.45, 7) is 3.89. The van der Waals surface area contributed by atoms with Gasteiger partial charge in [0, 0.05) is 20.8 Å². The van der Waals surface area contributed by atoms with Gasteiger partial charge < -0.3 is 29.2 Å². The fraction of sp³-hybridized carbons (Fsp3) is 0.769. The van der Waals surface area contributed by atoms with Crippen molar-refractivity contribution in [3.63, 3.8) is 0 Å². The smallest absolute Gasteiger partial charge is 0.303 e. The van der Waals surface area contributed by atoms with Crippen molar-refractivity contribution in [3.8, 4) is 0 Å². The highest BCUT2D eigenvalue weighted by Crippen LogP contribution is 2.33. The van der Waals surface area contributed by atoms with Gasteiger partial charge in [-0.1, -0.05) is 0 Å². The minimum atomic E-state index is -2.05. The normalized spacial score (nSPS) is 34.6. The van der Waals surface area contributed by atoms with Crippen LogP contribution < -0.4 is 0 Å². The maximum absolute atomic E-state index is 11.3. The van der Waals surface area contributed by atoms with E-state index in [1.165, 1.54) is 6.92 Å². The van der Waals surface area contributed by atoms with Crippen molar-refractivity contribution in [2.24, 2.45) is 0 Å². The van der Waals surface area contributed by atoms with Gasteiger partial charge in [-0.25, -0.2) is 0 Å². The van der Waals surface area contributed by atoms with Crippen molar-refractivity contribution in [3.05, 3.63) is 0 Å². The van der Waals surface area contributed by atoms with Gasteiger partial charge >= 0.3 is 17.9 Å². The summed E-state index contributed by atoms with van der Waals surface area (Å²) < 4.78 is 20.2. The molecule has 0 aromatic heterocycles. The summed E-state index contributed by atoms with van der Waals surface area (Å²) in [5.41, 5.74) is 0. The molecule has 1 aliphatic rings. The number of hydrogen-bond donors (Lipinski definition) is 2. The second kappa shape index (κ2) is 7.03. The average Bonchev–Trinajstić information content (AvgIpc) is 2.35. The Morgan fingerprint density at radius 3 is 1.86 bits per heavy atom. The number of esters is 3. The minimum absolute atomic E-state index is 0.612. The summed E-state index contributed by atoms with van der Waals surface area (Å²) in [6.07, 6.45) is -5.15. The number of aliphatic hydroxyl groups is 2. The Morgan fingerprint density at radius 1 is 1.00 bits per heavy atom. The number of carbonyl (C=O) groups is 3. The van der Waals surface area contributed by atoms with E-state index >= 15 is 0 Å². The first-order valence-electron chi connectivity index (χ1n) is 6.61. The van der Waals surface area contributed by atoms with Gasteiger partial charge in [0.05, 0.1) is 6.61 Å². The highest BCUT2D eigenvalue weighted by atomic mass is 16.7. The molecule has 5 atom stereocenters. The second-order valence-electron chi connectivity index (χ2n) is 5.07. The number of ether oxygens (including phenoxy) is 4. The zero-order chi connectivity index (χ0) is 17.1. The molecule has 0 bridgehead atoms. The third kappa shape index (κ3) is 4.39. The van der Waals surface area contributed by atoms with Crippen LogP contribution in [0.2, 0.25) is 0 Å². The van der Waals surface area contributed by atoms with Crippen LogP contribution in [0.3, 0.4) is 0 Å². The molecule has 1 heterocycles. The van der Waals surface area contributed by atoms with Crippen LogP contribution in [-0.2, 0) is 33.3 Å². The van der Waals surface area contributed by atoms with Crippen molar-refractivity contribution in [2.75, 3.05) is 6.61 Å². The van der Waals surface area contributed by atoms with E-state index in [1.807, 2.05) is 0 Å².